The van der Waals surface area contributed by atoms with Crippen LogP contribution in [0.3, 0.4) is 0 Å². The third kappa shape index (κ3) is 6.53. The van der Waals surface area contributed by atoms with E-state index in [1.54, 1.807) is 0 Å². The molecule has 0 aliphatic rings. The lowest BCUT2D eigenvalue weighted by Gasteiger charge is -2.20. The number of rotatable bonds is 5. The van der Waals surface area contributed by atoms with Gasteiger partial charge >= 0.3 is 12.2 Å². The van der Waals surface area contributed by atoms with Gasteiger partial charge in [-0.25, -0.2) is 4.79 Å². The fourth-order valence-corrected chi connectivity index (χ4v) is 0.876. The minimum atomic E-state index is -4.27. The highest BCUT2D eigenvalue weighted by Gasteiger charge is 2.28. The first-order valence-corrected chi connectivity index (χ1v) is 4.18. The zero-order valence-electron chi connectivity index (χ0n) is 7.68. The van der Waals surface area contributed by atoms with Crippen LogP contribution < -0.4 is 11.5 Å². The monoisotopic (exact) mass is 213 g/mol. The van der Waals surface area contributed by atoms with Crippen molar-refractivity contribution >= 4 is 6.03 Å². The van der Waals surface area contributed by atoms with Crippen molar-refractivity contribution in [3.8, 4) is 0 Å². The molecule has 7 heteroatoms. The van der Waals surface area contributed by atoms with E-state index < -0.39 is 25.2 Å². The van der Waals surface area contributed by atoms with E-state index >= 15 is 0 Å². The summed E-state index contributed by atoms with van der Waals surface area (Å²) in [6.45, 7) is 0.0799. The number of alkyl halides is 3. The Labute approximate surface area is 80.0 Å². The summed E-state index contributed by atoms with van der Waals surface area (Å²) < 4.78 is 35.4. The lowest BCUT2D eigenvalue weighted by molar-refractivity contribution is -0.136. The molecule has 0 saturated heterocycles. The van der Waals surface area contributed by atoms with Gasteiger partial charge in [0.25, 0.3) is 0 Å². The van der Waals surface area contributed by atoms with E-state index in [9.17, 15) is 18.0 Å². The lowest BCUT2D eigenvalue weighted by atomic mass is 10.3. The quantitative estimate of drug-likeness (QED) is 0.704. The number of halogens is 3. The third-order valence-corrected chi connectivity index (χ3v) is 1.61. The Morgan fingerprint density at radius 3 is 2.21 bits per heavy atom. The molecule has 0 aromatic carbocycles. The predicted molar refractivity (Wildman–Crippen MR) is 45.5 cm³/mol. The smallest absolute Gasteiger partial charge is 0.351 e. The number of carbonyl (C=O) groups is 1. The van der Waals surface area contributed by atoms with E-state index in [-0.39, 0.29) is 6.54 Å². The van der Waals surface area contributed by atoms with Gasteiger partial charge in [0.1, 0.15) is 0 Å². The van der Waals surface area contributed by atoms with Gasteiger partial charge in [-0.1, -0.05) is 0 Å². The molecule has 0 fully saturated rings. The maximum absolute atomic E-state index is 11.8. The van der Waals surface area contributed by atoms with Crippen LogP contribution in [0.2, 0.25) is 0 Å². The van der Waals surface area contributed by atoms with Crippen molar-refractivity contribution in [1.29, 1.82) is 0 Å². The van der Waals surface area contributed by atoms with E-state index in [4.69, 9.17) is 11.5 Å². The van der Waals surface area contributed by atoms with Crippen molar-refractivity contribution in [2.75, 3.05) is 19.6 Å². The summed E-state index contributed by atoms with van der Waals surface area (Å²) in [5.74, 6) is 0. The highest BCUT2D eigenvalue weighted by molar-refractivity contribution is 5.71. The van der Waals surface area contributed by atoms with E-state index in [2.05, 4.69) is 0 Å². The molecule has 0 saturated carbocycles. The number of amides is 2. The molecule has 0 atom stereocenters. The fourth-order valence-electron chi connectivity index (χ4n) is 0.876. The normalized spacial score (nSPS) is 11.4. The zero-order chi connectivity index (χ0) is 11.2. The second-order valence-corrected chi connectivity index (χ2v) is 2.83. The molecule has 0 unspecified atom stereocenters. The number of urea groups is 1. The molecule has 2 amide bonds. The molecule has 0 bridgehead atoms. The Kier molecular flexibility index (Phi) is 5.29. The van der Waals surface area contributed by atoms with Gasteiger partial charge in [0, 0.05) is 13.1 Å². The van der Waals surface area contributed by atoms with Crippen LogP contribution in [0, 0.1) is 0 Å². The minimum absolute atomic E-state index is 0.169. The summed E-state index contributed by atoms with van der Waals surface area (Å²) in [4.78, 5) is 11.6. The van der Waals surface area contributed by atoms with Crippen LogP contribution in [-0.4, -0.2) is 36.7 Å². The highest BCUT2D eigenvalue weighted by atomic mass is 19.4. The van der Waals surface area contributed by atoms with Crippen LogP contribution in [0.1, 0.15) is 12.8 Å². The number of nitrogens with zero attached hydrogens (tertiary/aromatic N) is 1. The molecule has 0 aliphatic heterocycles. The minimum Gasteiger partial charge on any atom is -0.351 e. The highest BCUT2D eigenvalue weighted by Crippen LogP contribution is 2.19. The van der Waals surface area contributed by atoms with Crippen molar-refractivity contribution < 1.29 is 18.0 Å². The summed E-state index contributed by atoms with van der Waals surface area (Å²) in [7, 11) is 0. The zero-order valence-corrected chi connectivity index (χ0v) is 7.68. The van der Waals surface area contributed by atoms with E-state index in [0.717, 1.165) is 4.90 Å². The summed E-state index contributed by atoms with van der Waals surface area (Å²) in [6.07, 6.45) is -4.86. The van der Waals surface area contributed by atoms with Crippen molar-refractivity contribution in [1.82, 2.24) is 4.90 Å². The largest absolute Gasteiger partial charge is 0.390 e. The topological polar surface area (TPSA) is 72.3 Å². The van der Waals surface area contributed by atoms with Crippen LogP contribution in [-0.2, 0) is 0 Å². The van der Waals surface area contributed by atoms with E-state index in [1.807, 2.05) is 0 Å². The average Bonchev–Trinajstić information content (AvgIpc) is 2.01. The van der Waals surface area contributed by atoms with Crippen molar-refractivity contribution in [3.63, 3.8) is 0 Å². The van der Waals surface area contributed by atoms with Gasteiger partial charge in [0.2, 0.25) is 0 Å². The van der Waals surface area contributed by atoms with Crippen molar-refractivity contribution in [3.05, 3.63) is 0 Å². The van der Waals surface area contributed by atoms with Crippen LogP contribution in [0.4, 0.5) is 18.0 Å². The summed E-state index contributed by atoms with van der Waals surface area (Å²) in [5.41, 5.74) is 10.0. The van der Waals surface area contributed by atoms with Gasteiger partial charge in [0.05, 0.1) is 6.42 Å². The first-order valence-electron chi connectivity index (χ1n) is 4.18. The van der Waals surface area contributed by atoms with Gasteiger partial charge < -0.3 is 16.4 Å². The van der Waals surface area contributed by atoms with Gasteiger partial charge in [-0.15, -0.1) is 0 Å². The Balaban J connectivity index is 3.91. The van der Waals surface area contributed by atoms with Crippen molar-refractivity contribution in [2.45, 2.75) is 19.0 Å². The van der Waals surface area contributed by atoms with Gasteiger partial charge in [-0.05, 0) is 13.0 Å². The first kappa shape index (κ1) is 13.0. The molecule has 0 spiro atoms. The molecule has 0 rings (SSSR count). The predicted octanol–water partition coefficient (Wildman–Crippen LogP) is 0.668. The fraction of sp³-hybridized carbons (Fsp3) is 0.857. The summed E-state index contributed by atoms with van der Waals surface area (Å²) in [5, 5.41) is 0. The molecular formula is C7H14F3N3O. The maximum atomic E-state index is 11.8. The van der Waals surface area contributed by atoms with Gasteiger partial charge in [0.15, 0.2) is 0 Å². The molecule has 0 radical (unpaired) electrons. The van der Waals surface area contributed by atoms with E-state index in [1.165, 1.54) is 0 Å². The number of hydrogen-bond acceptors (Lipinski definition) is 2. The molecule has 0 aliphatic carbocycles. The molecule has 0 aromatic heterocycles. The Hall–Kier alpha value is -0.980. The van der Waals surface area contributed by atoms with Crippen LogP contribution in [0.25, 0.3) is 0 Å². The maximum Gasteiger partial charge on any atom is 0.390 e. The van der Waals surface area contributed by atoms with Crippen molar-refractivity contribution in [2.24, 2.45) is 11.5 Å². The average molecular weight is 213 g/mol. The molecule has 4 N–H and O–H groups in total. The summed E-state index contributed by atoms with van der Waals surface area (Å²) >= 11 is 0. The second kappa shape index (κ2) is 5.69. The number of primary amides is 1. The number of hydrogen-bond donors (Lipinski definition) is 2. The Morgan fingerprint density at radius 1 is 1.29 bits per heavy atom. The Bertz CT molecular complexity index is 184. The second-order valence-electron chi connectivity index (χ2n) is 2.83. The SMILES string of the molecule is NCCCN(CCC(F)(F)F)C(N)=O. The molecule has 84 valence electrons. The molecular weight excluding hydrogens is 199 g/mol. The standard InChI is InChI=1S/C7H14F3N3O/c8-7(9,10)2-5-13(6(12)14)4-1-3-11/h1-5,11H2,(H2,12,14). The third-order valence-electron chi connectivity index (χ3n) is 1.61. The first-order chi connectivity index (χ1) is 6.37. The molecule has 14 heavy (non-hydrogen) atoms. The van der Waals surface area contributed by atoms with Crippen LogP contribution in [0.15, 0.2) is 0 Å². The van der Waals surface area contributed by atoms with Crippen LogP contribution >= 0.6 is 0 Å². The number of carbonyl (C=O) groups excluding carboxylic acids is 1. The van der Waals surface area contributed by atoms with Gasteiger partial charge in [-0.3, -0.25) is 0 Å². The number of nitrogens with two attached hydrogens (primary N) is 2. The Morgan fingerprint density at radius 2 is 1.86 bits per heavy atom. The molecule has 4 nitrogen and oxygen atoms in total. The van der Waals surface area contributed by atoms with Crippen LogP contribution in [0.5, 0.6) is 0 Å². The lowest BCUT2D eigenvalue weighted by Crippen LogP contribution is -2.39. The summed E-state index contributed by atoms with van der Waals surface area (Å²) in [6, 6.07) is -0.845. The molecule has 0 heterocycles. The van der Waals surface area contributed by atoms with E-state index in [0.29, 0.717) is 13.0 Å². The molecule has 0 aromatic rings. The van der Waals surface area contributed by atoms with Gasteiger partial charge in [-0.2, -0.15) is 13.2 Å².